The van der Waals surface area contributed by atoms with Crippen molar-refractivity contribution in [1.82, 2.24) is 0 Å². The summed E-state index contributed by atoms with van der Waals surface area (Å²) >= 11 is 0. The maximum Gasteiger partial charge on any atom is 0.135 e. The zero-order valence-electron chi connectivity index (χ0n) is 12.1. The fraction of sp³-hybridized carbons (Fsp3) is 0.111. The van der Waals surface area contributed by atoms with E-state index in [2.05, 4.69) is 11.8 Å². The third kappa shape index (κ3) is 4.53. The van der Waals surface area contributed by atoms with E-state index in [1.54, 1.807) is 26.4 Å². The van der Waals surface area contributed by atoms with Crippen LogP contribution < -0.4 is 15.2 Å². The lowest BCUT2D eigenvalue weighted by Gasteiger charge is -2.08. The summed E-state index contributed by atoms with van der Waals surface area (Å²) in [4.78, 5) is 0. The van der Waals surface area contributed by atoms with Crippen LogP contribution in [0.25, 0.3) is 0 Å². The number of para-hydroxylation sites is 1. The van der Waals surface area contributed by atoms with Gasteiger partial charge < -0.3 is 15.2 Å². The lowest BCUT2D eigenvalue weighted by molar-refractivity contribution is 0.401. The summed E-state index contributed by atoms with van der Waals surface area (Å²) in [5.74, 6) is 6.17. The summed E-state index contributed by atoms with van der Waals surface area (Å²) in [7, 11) is 3.09. The minimum Gasteiger partial charge on any atom is -0.495 e. The van der Waals surface area contributed by atoms with Crippen LogP contribution in [0.2, 0.25) is 0 Å². The Labute approximate surface area is 125 Å². The molecule has 106 valence electrons. The van der Waals surface area contributed by atoms with Crippen molar-refractivity contribution in [3.8, 4) is 36.2 Å². The lowest BCUT2D eigenvalue weighted by atomic mass is 10.1. The second-order valence-electron chi connectivity index (χ2n) is 3.95. The first-order valence-corrected chi connectivity index (χ1v) is 6.16. The van der Waals surface area contributed by atoms with Crippen molar-refractivity contribution in [3.05, 3.63) is 53.6 Å². The van der Waals surface area contributed by atoms with Gasteiger partial charge >= 0.3 is 0 Å². The Kier molecular flexibility index (Phi) is 6.25. The molecule has 0 aromatic heterocycles. The van der Waals surface area contributed by atoms with E-state index >= 15 is 0 Å². The number of terminal acetylenes is 2. The van der Waals surface area contributed by atoms with E-state index in [-0.39, 0.29) is 0 Å². The van der Waals surface area contributed by atoms with Crippen LogP contribution in [0, 0.1) is 24.7 Å². The van der Waals surface area contributed by atoms with Gasteiger partial charge in [-0.05, 0) is 12.1 Å². The zero-order chi connectivity index (χ0) is 15.7. The minimum atomic E-state index is 0.584. The largest absolute Gasteiger partial charge is 0.495 e. The summed E-state index contributed by atoms with van der Waals surface area (Å²) in [5.41, 5.74) is 7.44. The van der Waals surface area contributed by atoms with Gasteiger partial charge in [-0.25, -0.2) is 0 Å². The number of methoxy groups -OCH3 is 2. The quantitative estimate of drug-likeness (QED) is 0.679. The van der Waals surface area contributed by atoms with Crippen molar-refractivity contribution in [2.45, 2.75) is 0 Å². The van der Waals surface area contributed by atoms with Gasteiger partial charge in [-0.1, -0.05) is 30.0 Å². The molecule has 0 aliphatic carbocycles. The maximum atomic E-state index is 5.36. The molecule has 0 aliphatic heterocycles. The molecule has 0 bridgehead atoms. The molecular weight excluding hydrogens is 262 g/mol. The van der Waals surface area contributed by atoms with E-state index in [1.165, 1.54) is 0 Å². The highest BCUT2D eigenvalue weighted by molar-refractivity contribution is 5.57. The minimum absolute atomic E-state index is 0.584. The number of rotatable bonds is 2. The molecule has 0 saturated carbocycles. The number of ether oxygens (including phenoxy) is 2. The Morgan fingerprint density at radius 3 is 1.52 bits per heavy atom. The molecule has 2 N–H and O–H groups in total. The van der Waals surface area contributed by atoms with Crippen molar-refractivity contribution < 1.29 is 9.47 Å². The molecule has 2 aromatic rings. The van der Waals surface area contributed by atoms with E-state index in [0.717, 1.165) is 5.69 Å². The maximum absolute atomic E-state index is 5.36. The van der Waals surface area contributed by atoms with Gasteiger partial charge in [0.25, 0.3) is 0 Å². The normalized spacial score (nSPS) is 8.57. The molecule has 0 spiro atoms. The van der Waals surface area contributed by atoms with Gasteiger partial charge in [0.2, 0.25) is 0 Å². The highest BCUT2D eigenvalue weighted by Gasteiger charge is 2.07. The zero-order valence-corrected chi connectivity index (χ0v) is 12.1. The molecule has 2 rings (SSSR count). The van der Waals surface area contributed by atoms with Crippen molar-refractivity contribution in [3.63, 3.8) is 0 Å². The number of benzene rings is 2. The van der Waals surface area contributed by atoms with Crippen LogP contribution in [0.5, 0.6) is 11.5 Å². The van der Waals surface area contributed by atoms with Crippen LogP contribution in [-0.2, 0) is 0 Å². The van der Waals surface area contributed by atoms with Crippen LogP contribution in [0.3, 0.4) is 0 Å². The fourth-order valence-corrected chi connectivity index (χ4v) is 1.58. The molecule has 0 saturated heterocycles. The standard InChI is InChI=1S/C12H10O2.C6H7N/c1-5-9-7-12(14-4)10(6-2)8-11(9)13-3;7-6-4-2-1-3-5-6/h1-2,7-8H,3-4H3;1-5H,7H2. The summed E-state index contributed by atoms with van der Waals surface area (Å²) in [6.45, 7) is 0. The molecule has 21 heavy (non-hydrogen) atoms. The van der Waals surface area contributed by atoms with Crippen LogP contribution in [0.15, 0.2) is 42.5 Å². The highest BCUT2D eigenvalue weighted by Crippen LogP contribution is 2.27. The van der Waals surface area contributed by atoms with E-state index in [1.807, 2.05) is 30.3 Å². The predicted molar refractivity (Wildman–Crippen MR) is 86.3 cm³/mol. The fourth-order valence-electron chi connectivity index (χ4n) is 1.58. The van der Waals surface area contributed by atoms with Crippen LogP contribution in [0.4, 0.5) is 5.69 Å². The molecule has 0 fully saturated rings. The van der Waals surface area contributed by atoms with Gasteiger partial charge in [0.15, 0.2) is 0 Å². The van der Waals surface area contributed by atoms with Crippen molar-refractivity contribution in [1.29, 1.82) is 0 Å². The molecule has 2 aromatic carbocycles. The van der Waals surface area contributed by atoms with Crippen LogP contribution >= 0.6 is 0 Å². The molecule has 0 aliphatic rings. The summed E-state index contributed by atoms with van der Waals surface area (Å²) in [6.07, 6.45) is 10.6. The van der Waals surface area contributed by atoms with Crippen molar-refractivity contribution in [2.75, 3.05) is 20.0 Å². The SMILES string of the molecule is C#Cc1cc(OC)c(C#C)cc1OC.Nc1ccccc1. The van der Waals surface area contributed by atoms with Gasteiger partial charge in [0.1, 0.15) is 11.5 Å². The van der Waals surface area contributed by atoms with Crippen molar-refractivity contribution >= 4 is 5.69 Å². The van der Waals surface area contributed by atoms with Gasteiger partial charge in [-0.3, -0.25) is 0 Å². The van der Waals surface area contributed by atoms with Gasteiger partial charge in [-0.2, -0.15) is 0 Å². The molecule has 0 atom stereocenters. The smallest absolute Gasteiger partial charge is 0.135 e. The summed E-state index contributed by atoms with van der Waals surface area (Å²) in [6, 6.07) is 12.9. The summed E-state index contributed by atoms with van der Waals surface area (Å²) in [5, 5.41) is 0. The molecule has 0 amide bonds. The first-order chi connectivity index (χ1) is 10.2. The van der Waals surface area contributed by atoms with E-state index in [9.17, 15) is 0 Å². The Morgan fingerprint density at radius 1 is 0.857 bits per heavy atom. The predicted octanol–water partition coefficient (Wildman–Crippen LogP) is 2.94. The number of hydrogen-bond acceptors (Lipinski definition) is 3. The van der Waals surface area contributed by atoms with Crippen LogP contribution in [0.1, 0.15) is 11.1 Å². The van der Waals surface area contributed by atoms with Crippen LogP contribution in [-0.4, -0.2) is 14.2 Å². The molecule has 0 heterocycles. The second-order valence-corrected chi connectivity index (χ2v) is 3.95. The molecule has 3 heteroatoms. The topological polar surface area (TPSA) is 44.5 Å². The molecule has 3 nitrogen and oxygen atoms in total. The Morgan fingerprint density at radius 2 is 1.29 bits per heavy atom. The molecule has 0 radical (unpaired) electrons. The van der Waals surface area contributed by atoms with Gasteiger partial charge in [-0.15, -0.1) is 12.8 Å². The third-order valence-corrected chi connectivity index (χ3v) is 2.63. The summed E-state index contributed by atoms with van der Waals surface area (Å²) < 4.78 is 10.2. The monoisotopic (exact) mass is 279 g/mol. The average Bonchev–Trinajstić information content (AvgIpc) is 2.54. The van der Waals surface area contributed by atoms with Crippen molar-refractivity contribution in [2.24, 2.45) is 0 Å². The van der Waals surface area contributed by atoms with E-state index < -0.39 is 0 Å². The third-order valence-electron chi connectivity index (χ3n) is 2.63. The number of nitrogens with two attached hydrogens (primary N) is 1. The number of hydrogen-bond donors (Lipinski definition) is 1. The molecular formula is C18H17NO2. The van der Waals surface area contributed by atoms with Gasteiger partial charge in [0, 0.05) is 17.8 Å². The van der Waals surface area contributed by atoms with E-state index in [0.29, 0.717) is 22.6 Å². The Bertz CT molecular complexity index is 622. The van der Waals surface area contributed by atoms with E-state index in [4.69, 9.17) is 28.1 Å². The second kappa shape index (κ2) is 8.19. The first-order valence-electron chi connectivity index (χ1n) is 6.16. The first kappa shape index (κ1) is 16.0. The van der Waals surface area contributed by atoms with Gasteiger partial charge in [0.05, 0.1) is 25.3 Å². The Balaban J connectivity index is 0.000000262. The lowest BCUT2D eigenvalue weighted by Crippen LogP contribution is -1.93. The average molecular weight is 279 g/mol. The number of nitrogen functional groups attached to an aromatic ring is 1. The highest BCUT2D eigenvalue weighted by atomic mass is 16.5. The Hall–Kier alpha value is -3.04. The molecule has 0 unspecified atom stereocenters. The number of anilines is 1.